The van der Waals surface area contributed by atoms with Crippen molar-refractivity contribution in [1.29, 1.82) is 0 Å². The zero-order valence-electron chi connectivity index (χ0n) is 10.1. The normalized spacial score (nSPS) is 26.9. The summed E-state index contributed by atoms with van der Waals surface area (Å²) in [7, 11) is 0. The van der Waals surface area contributed by atoms with Crippen molar-refractivity contribution < 1.29 is 9.53 Å². The Bertz CT molecular complexity index is 255. The summed E-state index contributed by atoms with van der Waals surface area (Å²) in [5.41, 5.74) is 1.07. The summed E-state index contributed by atoms with van der Waals surface area (Å²) in [4.78, 5) is 11.5. The molecule has 1 saturated heterocycles. The molecule has 15 heavy (non-hydrogen) atoms. The Balaban J connectivity index is 2.46. The predicted octanol–water partition coefficient (Wildman–Crippen LogP) is 3.47. The molecule has 86 valence electrons. The minimum atomic E-state index is -0.257. The lowest BCUT2D eigenvalue weighted by molar-refractivity contribution is -0.145. The maximum absolute atomic E-state index is 11.5. The average Bonchev–Trinajstić information content (AvgIpc) is 2.47. The Kier molecular flexibility index (Phi) is 4.37. The first-order valence-corrected chi connectivity index (χ1v) is 5.91. The number of cyclic esters (lactones) is 1. The van der Waals surface area contributed by atoms with Crippen molar-refractivity contribution in [2.45, 2.75) is 52.9 Å². The van der Waals surface area contributed by atoms with E-state index in [9.17, 15) is 4.79 Å². The molecule has 0 spiro atoms. The van der Waals surface area contributed by atoms with Crippen molar-refractivity contribution >= 4 is 5.97 Å². The summed E-state index contributed by atoms with van der Waals surface area (Å²) in [5.74, 6) is -0.0225. The number of allylic oxidation sites excluding steroid dienone is 2. The van der Waals surface area contributed by atoms with E-state index in [1.807, 2.05) is 6.92 Å². The molecular weight excluding hydrogens is 188 g/mol. The zero-order chi connectivity index (χ0) is 11.3. The first-order valence-electron chi connectivity index (χ1n) is 5.91. The summed E-state index contributed by atoms with van der Waals surface area (Å²) in [6.07, 6.45) is 7.58. The summed E-state index contributed by atoms with van der Waals surface area (Å²) >= 11 is 0. The summed E-state index contributed by atoms with van der Waals surface area (Å²) < 4.78 is 5.03. The molecule has 0 bridgehead atoms. The molecule has 2 nitrogen and oxygen atoms in total. The number of unbranched alkanes of at least 4 members (excludes halogenated alkanes) is 2. The van der Waals surface area contributed by atoms with Crippen LogP contribution in [0.2, 0.25) is 0 Å². The first kappa shape index (κ1) is 12.3. The van der Waals surface area contributed by atoms with Gasteiger partial charge in [0.15, 0.2) is 0 Å². The minimum Gasteiger partial charge on any atom is -0.465 e. The first-order chi connectivity index (χ1) is 7.08. The van der Waals surface area contributed by atoms with Crippen LogP contribution in [0.1, 0.15) is 52.9 Å². The Morgan fingerprint density at radius 2 is 2.33 bits per heavy atom. The number of ether oxygens (including phenoxy) is 1. The van der Waals surface area contributed by atoms with Crippen LogP contribution in [-0.4, -0.2) is 12.6 Å². The van der Waals surface area contributed by atoms with Gasteiger partial charge in [0.1, 0.15) is 0 Å². The molecule has 1 aliphatic rings. The summed E-state index contributed by atoms with van der Waals surface area (Å²) in [5, 5.41) is 0. The van der Waals surface area contributed by atoms with Gasteiger partial charge < -0.3 is 4.74 Å². The van der Waals surface area contributed by atoms with Gasteiger partial charge in [0.25, 0.3) is 0 Å². The van der Waals surface area contributed by atoms with Gasteiger partial charge >= 0.3 is 5.97 Å². The third kappa shape index (κ3) is 3.37. The van der Waals surface area contributed by atoms with Gasteiger partial charge in [-0.25, -0.2) is 0 Å². The minimum absolute atomic E-state index is 0.0225. The zero-order valence-corrected chi connectivity index (χ0v) is 10.1. The number of hydrogen-bond acceptors (Lipinski definition) is 2. The van der Waals surface area contributed by atoms with Gasteiger partial charge in [0, 0.05) is 0 Å². The van der Waals surface area contributed by atoms with Crippen molar-refractivity contribution in [1.82, 2.24) is 0 Å². The monoisotopic (exact) mass is 210 g/mol. The third-order valence-electron chi connectivity index (χ3n) is 3.10. The molecule has 1 rings (SSSR count). The topological polar surface area (TPSA) is 26.3 Å². The second-order valence-electron chi connectivity index (χ2n) is 4.82. The lowest BCUT2D eigenvalue weighted by atomic mass is 9.82. The molecule has 0 saturated carbocycles. The van der Waals surface area contributed by atoms with Crippen LogP contribution in [0.3, 0.4) is 0 Å². The quantitative estimate of drug-likeness (QED) is 0.394. The smallest absolute Gasteiger partial charge is 0.312 e. The Labute approximate surface area is 92.7 Å². The Morgan fingerprint density at radius 3 is 2.87 bits per heavy atom. The van der Waals surface area contributed by atoms with Crippen LogP contribution in [0, 0.1) is 5.41 Å². The molecule has 2 heteroatoms. The molecule has 0 aromatic heterocycles. The van der Waals surface area contributed by atoms with Crippen LogP contribution in [0.5, 0.6) is 0 Å². The van der Waals surface area contributed by atoms with E-state index in [0.29, 0.717) is 6.61 Å². The molecule has 0 radical (unpaired) electrons. The fourth-order valence-electron chi connectivity index (χ4n) is 2.05. The number of rotatable bonds is 5. The fourth-order valence-corrected chi connectivity index (χ4v) is 2.05. The van der Waals surface area contributed by atoms with Crippen molar-refractivity contribution in [2.75, 3.05) is 6.61 Å². The van der Waals surface area contributed by atoms with E-state index in [0.717, 1.165) is 19.3 Å². The van der Waals surface area contributed by atoms with Gasteiger partial charge in [0.05, 0.1) is 12.0 Å². The predicted molar refractivity (Wildman–Crippen MR) is 61.6 cm³/mol. The SMILES string of the molecule is CCCC/C=C(\C)CC1(C)CCOC1=O. The molecule has 0 aromatic carbocycles. The third-order valence-corrected chi connectivity index (χ3v) is 3.10. The van der Waals surface area contributed by atoms with Gasteiger partial charge in [-0.2, -0.15) is 0 Å². The van der Waals surface area contributed by atoms with E-state index in [1.54, 1.807) is 0 Å². The molecule has 0 amide bonds. The fraction of sp³-hybridized carbons (Fsp3) is 0.769. The van der Waals surface area contributed by atoms with Crippen molar-refractivity contribution in [3.05, 3.63) is 11.6 Å². The van der Waals surface area contributed by atoms with Gasteiger partial charge in [-0.15, -0.1) is 0 Å². The van der Waals surface area contributed by atoms with Gasteiger partial charge in [-0.05, 0) is 33.1 Å². The van der Waals surface area contributed by atoms with Gasteiger partial charge in [-0.3, -0.25) is 4.79 Å². The summed E-state index contributed by atoms with van der Waals surface area (Å²) in [6.45, 7) is 6.92. The van der Waals surface area contributed by atoms with Crippen LogP contribution in [0.25, 0.3) is 0 Å². The standard InChI is InChI=1S/C13H22O2/c1-4-5-6-7-11(2)10-13(3)8-9-15-12(13)14/h7H,4-6,8-10H2,1-3H3/b11-7+. The number of esters is 1. The van der Waals surface area contributed by atoms with E-state index >= 15 is 0 Å². The van der Waals surface area contributed by atoms with Crippen LogP contribution in [-0.2, 0) is 9.53 Å². The molecule has 1 unspecified atom stereocenters. The molecule has 1 fully saturated rings. The van der Waals surface area contributed by atoms with Crippen molar-refractivity contribution in [2.24, 2.45) is 5.41 Å². The van der Waals surface area contributed by atoms with Crippen LogP contribution >= 0.6 is 0 Å². The second-order valence-corrected chi connectivity index (χ2v) is 4.82. The van der Waals surface area contributed by atoms with Crippen LogP contribution in [0.4, 0.5) is 0 Å². The highest BCUT2D eigenvalue weighted by Gasteiger charge is 2.39. The van der Waals surface area contributed by atoms with E-state index < -0.39 is 0 Å². The highest BCUT2D eigenvalue weighted by Crippen LogP contribution is 2.35. The van der Waals surface area contributed by atoms with Crippen molar-refractivity contribution in [3.63, 3.8) is 0 Å². The maximum Gasteiger partial charge on any atom is 0.312 e. The van der Waals surface area contributed by atoms with Crippen LogP contribution < -0.4 is 0 Å². The molecule has 1 atom stereocenters. The average molecular weight is 210 g/mol. The highest BCUT2D eigenvalue weighted by molar-refractivity contribution is 5.78. The Morgan fingerprint density at radius 1 is 1.60 bits per heavy atom. The van der Waals surface area contributed by atoms with Gasteiger partial charge in [-0.1, -0.05) is 31.4 Å². The van der Waals surface area contributed by atoms with E-state index in [-0.39, 0.29) is 11.4 Å². The van der Waals surface area contributed by atoms with E-state index in [1.165, 1.54) is 18.4 Å². The van der Waals surface area contributed by atoms with Gasteiger partial charge in [0.2, 0.25) is 0 Å². The molecule has 0 N–H and O–H groups in total. The maximum atomic E-state index is 11.5. The summed E-state index contributed by atoms with van der Waals surface area (Å²) in [6, 6.07) is 0. The molecule has 0 aromatic rings. The largest absolute Gasteiger partial charge is 0.465 e. The highest BCUT2D eigenvalue weighted by atomic mass is 16.5. The van der Waals surface area contributed by atoms with E-state index in [2.05, 4.69) is 19.9 Å². The van der Waals surface area contributed by atoms with Crippen molar-refractivity contribution in [3.8, 4) is 0 Å². The number of carbonyl (C=O) groups excluding carboxylic acids is 1. The molecule has 1 aliphatic heterocycles. The number of carbonyl (C=O) groups is 1. The second kappa shape index (κ2) is 5.34. The molecular formula is C13H22O2. The molecule has 0 aliphatic carbocycles. The number of hydrogen-bond donors (Lipinski definition) is 0. The lowest BCUT2D eigenvalue weighted by Crippen LogP contribution is -2.22. The van der Waals surface area contributed by atoms with Crippen LogP contribution in [0.15, 0.2) is 11.6 Å². The molecule has 1 heterocycles. The Hall–Kier alpha value is -0.790. The van der Waals surface area contributed by atoms with E-state index in [4.69, 9.17) is 4.74 Å². The lowest BCUT2D eigenvalue weighted by Gasteiger charge is -2.18.